The van der Waals surface area contributed by atoms with Gasteiger partial charge in [-0.3, -0.25) is 5.43 Å². The molecule has 1 aromatic rings. The lowest BCUT2D eigenvalue weighted by Gasteiger charge is -2.12. The van der Waals surface area contributed by atoms with E-state index in [2.05, 4.69) is 34.9 Å². The average Bonchev–Trinajstić information content (AvgIpc) is 2.99. The number of nitrogens with one attached hydrogen (secondary N) is 2. The first kappa shape index (κ1) is 14.9. The number of hydrazone groups is 1. The third-order valence-corrected chi connectivity index (χ3v) is 3.54. The highest BCUT2D eigenvalue weighted by Crippen LogP contribution is 2.11. The summed E-state index contributed by atoms with van der Waals surface area (Å²) in [4.78, 5) is 0. The van der Waals surface area contributed by atoms with Crippen LogP contribution in [0, 0.1) is 0 Å². The zero-order valence-electron chi connectivity index (χ0n) is 11.7. The quantitative estimate of drug-likeness (QED) is 0.497. The molecule has 2 atom stereocenters. The van der Waals surface area contributed by atoms with Crippen LogP contribution in [0.5, 0.6) is 0 Å². The number of ether oxygens (including phenoxy) is 1. The van der Waals surface area contributed by atoms with E-state index in [9.17, 15) is 0 Å². The maximum Gasteiger partial charge on any atom is 0.187 e. The first-order valence-electron chi connectivity index (χ1n) is 6.99. The molecule has 1 saturated heterocycles. The molecule has 1 fully saturated rings. The summed E-state index contributed by atoms with van der Waals surface area (Å²) in [5.74, 6) is 0.254. The zero-order chi connectivity index (χ0) is 14.2. The van der Waals surface area contributed by atoms with Crippen molar-refractivity contribution in [3.8, 4) is 0 Å². The van der Waals surface area contributed by atoms with Gasteiger partial charge in [-0.15, -0.1) is 0 Å². The molecule has 0 amide bonds. The number of thiocarbonyl (C=S) groups is 1. The Balaban J connectivity index is 1.68. The van der Waals surface area contributed by atoms with Gasteiger partial charge in [-0.05, 0) is 30.6 Å². The van der Waals surface area contributed by atoms with Gasteiger partial charge in [-0.2, -0.15) is 5.10 Å². The molecular formula is C15H21N3OS. The third kappa shape index (κ3) is 4.90. The van der Waals surface area contributed by atoms with Gasteiger partial charge < -0.3 is 10.1 Å². The van der Waals surface area contributed by atoms with Gasteiger partial charge in [0.1, 0.15) is 0 Å². The van der Waals surface area contributed by atoms with Crippen LogP contribution in [0.3, 0.4) is 0 Å². The van der Waals surface area contributed by atoms with Crippen molar-refractivity contribution in [1.82, 2.24) is 10.7 Å². The summed E-state index contributed by atoms with van der Waals surface area (Å²) in [5.41, 5.74) is 4.07. The molecule has 0 unspecified atom stereocenters. The Kier molecular flexibility index (Phi) is 5.95. The fourth-order valence-electron chi connectivity index (χ4n) is 2.10. The second-order valence-corrected chi connectivity index (χ2v) is 5.34. The Labute approximate surface area is 125 Å². The van der Waals surface area contributed by atoms with Crippen LogP contribution in [0.1, 0.15) is 31.2 Å². The number of benzene rings is 1. The predicted octanol–water partition coefficient (Wildman–Crippen LogP) is 2.42. The molecular weight excluding hydrogens is 270 g/mol. The fourth-order valence-corrected chi connectivity index (χ4v) is 2.24. The predicted molar refractivity (Wildman–Crippen MR) is 86.1 cm³/mol. The van der Waals surface area contributed by atoms with E-state index in [0.29, 0.717) is 5.11 Å². The summed E-state index contributed by atoms with van der Waals surface area (Å²) in [6.45, 7) is 3.71. The molecule has 20 heavy (non-hydrogen) atoms. The van der Waals surface area contributed by atoms with E-state index in [-0.39, 0.29) is 12.0 Å². The Morgan fingerprint density at radius 1 is 1.50 bits per heavy atom. The topological polar surface area (TPSA) is 45.7 Å². The molecule has 1 aliphatic rings. The molecule has 0 radical (unpaired) electrons. The molecule has 1 heterocycles. The standard InChI is InChI=1S/C15H21N3OS/c1-12(13-6-3-2-4-7-13)10-17-18-15(20)16-11-14-8-5-9-19-14/h2-4,6-7,10,12,14H,5,8-9,11H2,1H3,(H2,16,18,20)/b17-10-/t12-,14+/m1/s1. The van der Waals surface area contributed by atoms with Crippen LogP contribution in [0.4, 0.5) is 0 Å². The summed E-state index contributed by atoms with van der Waals surface area (Å²) in [7, 11) is 0. The van der Waals surface area contributed by atoms with Gasteiger partial charge in [0.15, 0.2) is 5.11 Å². The van der Waals surface area contributed by atoms with Crippen LogP contribution >= 0.6 is 12.2 Å². The molecule has 2 rings (SSSR count). The van der Waals surface area contributed by atoms with Crippen molar-refractivity contribution >= 4 is 23.5 Å². The molecule has 0 bridgehead atoms. The first-order chi connectivity index (χ1) is 9.75. The maximum atomic E-state index is 5.52. The van der Waals surface area contributed by atoms with Gasteiger partial charge in [0.25, 0.3) is 0 Å². The van der Waals surface area contributed by atoms with Gasteiger partial charge in [0, 0.05) is 25.3 Å². The van der Waals surface area contributed by atoms with Gasteiger partial charge >= 0.3 is 0 Å². The zero-order valence-corrected chi connectivity index (χ0v) is 12.5. The largest absolute Gasteiger partial charge is 0.376 e. The summed E-state index contributed by atoms with van der Waals surface area (Å²) in [6.07, 6.45) is 4.38. The lowest BCUT2D eigenvalue weighted by atomic mass is 10.0. The lowest BCUT2D eigenvalue weighted by molar-refractivity contribution is 0.114. The van der Waals surface area contributed by atoms with Crippen molar-refractivity contribution < 1.29 is 4.74 Å². The number of hydrogen-bond acceptors (Lipinski definition) is 3. The molecule has 0 aliphatic carbocycles. The molecule has 1 aliphatic heterocycles. The summed E-state index contributed by atoms with van der Waals surface area (Å²) in [6, 6.07) is 10.2. The molecule has 4 nitrogen and oxygen atoms in total. The molecule has 2 N–H and O–H groups in total. The van der Waals surface area contributed by atoms with Gasteiger partial charge in [-0.25, -0.2) is 0 Å². The van der Waals surface area contributed by atoms with Crippen molar-refractivity contribution in [1.29, 1.82) is 0 Å². The van der Waals surface area contributed by atoms with Crippen molar-refractivity contribution in [3.05, 3.63) is 35.9 Å². The Morgan fingerprint density at radius 3 is 3.00 bits per heavy atom. The van der Waals surface area contributed by atoms with Crippen LogP contribution in [-0.2, 0) is 4.74 Å². The Bertz CT molecular complexity index is 444. The molecule has 0 aromatic heterocycles. The number of hydrogen-bond donors (Lipinski definition) is 2. The molecule has 108 valence electrons. The van der Waals surface area contributed by atoms with Crippen molar-refractivity contribution in [2.24, 2.45) is 5.10 Å². The van der Waals surface area contributed by atoms with E-state index in [1.165, 1.54) is 5.56 Å². The minimum absolute atomic E-state index is 0.254. The van der Waals surface area contributed by atoms with Crippen LogP contribution < -0.4 is 10.7 Å². The number of nitrogens with zero attached hydrogens (tertiary/aromatic N) is 1. The summed E-state index contributed by atoms with van der Waals surface area (Å²) >= 11 is 5.17. The second kappa shape index (κ2) is 7.97. The Hall–Kier alpha value is -1.46. The van der Waals surface area contributed by atoms with Crippen LogP contribution in [0.15, 0.2) is 35.4 Å². The first-order valence-corrected chi connectivity index (χ1v) is 7.40. The van der Waals surface area contributed by atoms with Gasteiger partial charge in [-0.1, -0.05) is 37.3 Å². The van der Waals surface area contributed by atoms with Crippen molar-refractivity contribution in [3.63, 3.8) is 0 Å². The molecule has 1 aromatic carbocycles. The highest BCUT2D eigenvalue weighted by molar-refractivity contribution is 7.80. The second-order valence-electron chi connectivity index (χ2n) is 4.93. The smallest absolute Gasteiger partial charge is 0.187 e. The highest BCUT2D eigenvalue weighted by atomic mass is 32.1. The van der Waals surface area contributed by atoms with E-state index in [4.69, 9.17) is 17.0 Å². The SMILES string of the molecule is C[C@H](/C=N\NC(=S)NC[C@@H]1CCCO1)c1ccccc1. The van der Waals surface area contributed by atoms with Crippen LogP contribution in [0.25, 0.3) is 0 Å². The molecule has 0 spiro atoms. The van der Waals surface area contributed by atoms with E-state index in [1.807, 2.05) is 24.4 Å². The van der Waals surface area contributed by atoms with E-state index >= 15 is 0 Å². The third-order valence-electron chi connectivity index (χ3n) is 3.30. The maximum absolute atomic E-state index is 5.52. The van der Waals surface area contributed by atoms with E-state index in [1.54, 1.807) is 0 Å². The van der Waals surface area contributed by atoms with E-state index in [0.717, 1.165) is 26.0 Å². The minimum Gasteiger partial charge on any atom is -0.376 e. The van der Waals surface area contributed by atoms with Gasteiger partial charge in [0.05, 0.1) is 6.10 Å². The Morgan fingerprint density at radius 2 is 2.30 bits per heavy atom. The highest BCUT2D eigenvalue weighted by Gasteiger charge is 2.14. The van der Waals surface area contributed by atoms with Crippen LogP contribution in [0.2, 0.25) is 0 Å². The fraction of sp³-hybridized carbons (Fsp3) is 0.467. The normalized spacial score (nSPS) is 19.9. The monoisotopic (exact) mass is 291 g/mol. The van der Waals surface area contributed by atoms with Gasteiger partial charge in [0.2, 0.25) is 0 Å². The van der Waals surface area contributed by atoms with Crippen LogP contribution in [-0.4, -0.2) is 30.6 Å². The molecule has 5 heteroatoms. The summed E-state index contributed by atoms with van der Waals surface area (Å²) in [5, 5.41) is 7.83. The van der Waals surface area contributed by atoms with Crippen molar-refractivity contribution in [2.75, 3.05) is 13.2 Å². The lowest BCUT2D eigenvalue weighted by Crippen LogP contribution is -2.37. The minimum atomic E-state index is 0.254. The average molecular weight is 291 g/mol. The van der Waals surface area contributed by atoms with Crippen molar-refractivity contribution in [2.45, 2.75) is 31.8 Å². The molecule has 0 saturated carbocycles. The van der Waals surface area contributed by atoms with E-state index < -0.39 is 0 Å². The summed E-state index contributed by atoms with van der Waals surface area (Å²) < 4.78 is 5.52. The number of rotatable bonds is 5.